The Balaban J connectivity index is 1.33. The largest absolute Gasteiger partial charge is 0.293 e. The Kier molecular flexibility index (Phi) is 6.32. The van der Waals surface area contributed by atoms with E-state index in [9.17, 15) is 0 Å². The zero-order valence-corrected chi connectivity index (χ0v) is 30.6. The molecule has 0 bridgehead atoms. The molecule has 0 atom stereocenters. The number of nitrogens with zero attached hydrogens (tertiary/aromatic N) is 3. The van der Waals surface area contributed by atoms with Gasteiger partial charge in [0.25, 0.3) is 0 Å². The van der Waals surface area contributed by atoms with Crippen molar-refractivity contribution in [3.63, 3.8) is 0 Å². The van der Waals surface area contributed by atoms with Crippen molar-refractivity contribution in [2.75, 3.05) is 0 Å². The van der Waals surface area contributed by atoms with Crippen molar-refractivity contribution in [2.45, 2.75) is 19.3 Å². The molecule has 7 aromatic carbocycles. The Morgan fingerprint density at radius 3 is 1.83 bits per heavy atom. The number of para-hydroxylation sites is 1. The van der Waals surface area contributed by atoms with Gasteiger partial charge in [0.2, 0.25) is 8.07 Å². The molecular formula is C49H35N3Si. The van der Waals surface area contributed by atoms with Crippen LogP contribution in [0.1, 0.15) is 25.0 Å². The van der Waals surface area contributed by atoms with Gasteiger partial charge >= 0.3 is 0 Å². The molecule has 2 aliphatic rings. The maximum Gasteiger partial charge on any atom is 0.203 e. The number of hydrogen-bond donors (Lipinski definition) is 0. The number of rotatable bonds is 4. The van der Waals surface area contributed by atoms with Crippen LogP contribution in [0, 0.1) is 0 Å². The van der Waals surface area contributed by atoms with Gasteiger partial charge in [-0.2, -0.15) is 0 Å². The van der Waals surface area contributed by atoms with E-state index in [1.54, 1.807) is 0 Å². The molecule has 250 valence electrons. The smallest absolute Gasteiger partial charge is 0.203 e. The lowest BCUT2D eigenvalue weighted by Gasteiger charge is -2.30. The Morgan fingerprint density at radius 2 is 1.09 bits per heavy atom. The van der Waals surface area contributed by atoms with E-state index in [-0.39, 0.29) is 5.41 Å². The summed E-state index contributed by atoms with van der Waals surface area (Å²) in [6, 6.07) is 64.5. The number of aromatic nitrogens is 3. The molecule has 0 N–H and O–H groups in total. The molecule has 0 radical (unpaired) electrons. The summed E-state index contributed by atoms with van der Waals surface area (Å²) in [5.41, 5.74) is 10.9. The Labute approximate surface area is 309 Å². The molecule has 4 heteroatoms. The van der Waals surface area contributed by atoms with Gasteiger partial charge in [-0.1, -0.05) is 172 Å². The quantitative estimate of drug-likeness (QED) is 0.173. The van der Waals surface area contributed by atoms with Crippen LogP contribution in [-0.2, 0) is 5.41 Å². The van der Waals surface area contributed by atoms with E-state index in [1.807, 2.05) is 0 Å². The van der Waals surface area contributed by atoms with Gasteiger partial charge in [0.15, 0.2) is 5.82 Å². The van der Waals surface area contributed by atoms with Crippen molar-refractivity contribution >= 4 is 50.8 Å². The predicted octanol–water partition coefficient (Wildman–Crippen LogP) is 8.90. The summed E-state index contributed by atoms with van der Waals surface area (Å²) in [6.07, 6.45) is 0. The first-order chi connectivity index (χ1) is 26.1. The highest BCUT2D eigenvalue weighted by atomic mass is 28.3. The molecule has 11 rings (SSSR count). The molecule has 0 fully saturated rings. The van der Waals surface area contributed by atoms with Gasteiger partial charge in [-0.25, -0.2) is 9.97 Å². The van der Waals surface area contributed by atoms with E-state index in [1.165, 1.54) is 59.7 Å². The van der Waals surface area contributed by atoms with Crippen molar-refractivity contribution in [1.82, 2.24) is 14.5 Å². The van der Waals surface area contributed by atoms with E-state index in [0.717, 1.165) is 33.6 Å². The summed E-state index contributed by atoms with van der Waals surface area (Å²) in [5, 5.41) is 7.59. The van der Waals surface area contributed by atoms with Crippen LogP contribution in [0.25, 0.3) is 61.3 Å². The van der Waals surface area contributed by atoms with Crippen LogP contribution in [0.2, 0.25) is 0 Å². The zero-order chi connectivity index (χ0) is 35.3. The van der Waals surface area contributed by atoms with Crippen LogP contribution in [0.15, 0.2) is 176 Å². The molecule has 0 unspecified atom stereocenters. The van der Waals surface area contributed by atoms with Crippen LogP contribution in [0.5, 0.6) is 0 Å². The maximum atomic E-state index is 5.72. The first-order valence-electron chi connectivity index (χ1n) is 18.4. The molecule has 3 heterocycles. The molecule has 0 spiro atoms. The lowest BCUT2D eigenvalue weighted by molar-refractivity contribution is 0.661. The summed E-state index contributed by atoms with van der Waals surface area (Å²) in [7, 11) is -2.92. The topological polar surface area (TPSA) is 30.7 Å². The minimum atomic E-state index is -2.92. The van der Waals surface area contributed by atoms with E-state index in [0.29, 0.717) is 0 Å². The average molecular weight is 694 g/mol. The molecule has 9 aromatic rings. The van der Waals surface area contributed by atoms with E-state index >= 15 is 0 Å². The molecule has 0 amide bonds. The second-order valence-corrected chi connectivity index (χ2v) is 18.6. The third kappa shape index (κ3) is 4.04. The van der Waals surface area contributed by atoms with E-state index in [4.69, 9.17) is 9.97 Å². The van der Waals surface area contributed by atoms with Crippen molar-refractivity contribution in [3.05, 3.63) is 187 Å². The van der Waals surface area contributed by atoms with Crippen LogP contribution >= 0.6 is 0 Å². The van der Waals surface area contributed by atoms with Gasteiger partial charge < -0.3 is 0 Å². The SMILES string of the molecule is CC1(C)c2ccccc2-c2cc3c4ccccc4n(-c4nc(-c5ccccc5)nc5c4-c4ccccc4[Si]5(c4ccccc4)c4ccccc4)c3cc21. The number of fused-ring (bicyclic) bond motifs is 9. The summed E-state index contributed by atoms with van der Waals surface area (Å²) in [4.78, 5) is 11.4. The third-order valence-electron chi connectivity index (χ3n) is 11.9. The highest BCUT2D eigenvalue weighted by molar-refractivity contribution is 7.21. The molecule has 0 saturated carbocycles. The van der Waals surface area contributed by atoms with Crippen molar-refractivity contribution in [1.29, 1.82) is 0 Å². The minimum Gasteiger partial charge on any atom is -0.293 e. The lowest BCUT2D eigenvalue weighted by Crippen LogP contribution is -2.73. The van der Waals surface area contributed by atoms with Gasteiger partial charge in [-0.05, 0) is 61.6 Å². The summed E-state index contributed by atoms with van der Waals surface area (Å²) >= 11 is 0. The van der Waals surface area contributed by atoms with Crippen LogP contribution in [0.4, 0.5) is 0 Å². The van der Waals surface area contributed by atoms with Gasteiger partial charge in [-0.15, -0.1) is 0 Å². The van der Waals surface area contributed by atoms with Crippen LogP contribution in [0.3, 0.4) is 0 Å². The van der Waals surface area contributed by atoms with Crippen LogP contribution in [-0.4, -0.2) is 22.6 Å². The van der Waals surface area contributed by atoms with Crippen molar-refractivity contribution in [3.8, 4) is 39.5 Å². The van der Waals surface area contributed by atoms with Gasteiger partial charge in [0, 0.05) is 27.3 Å². The standard InChI is InChI=1S/C49H35N3Si/c1-49(2)40-27-15-12-24-35(40)38-30-39-36-25-13-16-28-42(36)52(43(39)31-41(38)49)47-45-37-26-14-17-29-44(37)53(33-20-8-4-9-21-33,34-22-10-5-11-23-34)48(45)51-46(50-47)32-18-6-3-7-19-32/h3-31H,1-2H3. The fraction of sp³-hybridized carbons (Fsp3) is 0.0612. The first kappa shape index (κ1) is 30.3. The Bertz CT molecular complexity index is 2870. The highest BCUT2D eigenvalue weighted by Crippen LogP contribution is 2.51. The summed E-state index contributed by atoms with van der Waals surface area (Å²) < 4.78 is 2.45. The van der Waals surface area contributed by atoms with E-state index < -0.39 is 8.07 Å². The van der Waals surface area contributed by atoms with E-state index in [2.05, 4.69) is 194 Å². The fourth-order valence-corrected chi connectivity index (χ4v) is 14.5. The summed E-state index contributed by atoms with van der Waals surface area (Å²) in [6.45, 7) is 4.73. The number of hydrogen-bond acceptors (Lipinski definition) is 2. The second-order valence-electron chi connectivity index (χ2n) is 14.9. The molecule has 2 aromatic heterocycles. The molecular weight excluding hydrogens is 659 g/mol. The normalized spacial score (nSPS) is 14.5. The van der Waals surface area contributed by atoms with Crippen molar-refractivity contribution in [2.24, 2.45) is 0 Å². The zero-order valence-electron chi connectivity index (χ0n) is 29.6. The average Bonchev–Trinajstić information content (AvgIpc) is 3.79. The monoisotopic (exact) mass is 693 g/mol. The molecule has 0 saturated heterocycles. The lowest BCUT2D eigenvalue weighted by atomic mass is 9.82. The van der Waals surface area contributed by atoms with Gasteiger partial charge in [0.05, 0.1) is 16.4 Å². The molecule has 1 aliphatic heterocycles. The molecule has 53 heavy (non-hydrogen) atoms. The second kappa shape index (κ2) is 11.1. The maximum absolute atomic E-state index is 5.72. The molecule has 1 aliphatic carbocycles. The Hall–Kier alpha value is -6.36. The van der Waals surface area contributed by atoms with Gasteiger partial charge in [0.1, 0.15) is 5.82 Å². The minimum absolute atomic E-state index is 0.139. The number of benzene rings is 7. The molecule has 3 nitrogen and oxygen atoms in total. The third-order valence-corrected chi connectivity index (χ3v) is 16.6. The Morgan fingerprint density at radius 1 is 0.491 bits per heavy atom. The van der Waals surface area contributed by atoms with Gasteiger partial charge in [-0.3, -0.25) is 4.57 Å². The van der Waals surface area contributed by atoms with Crippen molar-refractivity contribution < 1.29 is 0 Å². The van der Waals surface area contributed by atoms with Crippen LogP contribution < -0.4 is 20.9 Å². The first-order valence-corrected chi connectivity index (χ1v) is 20.4. The summed E-state index contributed by atoms with van der Waals surface area (Å²) in [5.74, 6) is 1.68. The fourth-order valence-electron chi connectivity index (χ4n) is 9.52. The predicted molar refractivity (Wildman–Crippen MR) is 222 cm³/mol. The highest BCUT2D eigenvalue weighted by Gasteiger charge is 2.52.